The monoisotopic (exact) mass is 254 g/mol. The molecule has 0 radical (unpaired) electrons. The molecule has 0 saturated heterocycles. The van der Waals surface area contributed by atoms with Gasteiger partial charge in [-0.25, -0.2) is 4.39 Å². The Morgan fingerprint density at radius 2 is 1.44 bits per heavy atom. The van der Waals surface area contributed by atoms with Gasteiger partial charge in [-0.05, 0) is 23.3 Å². The van der Waals surface area contributed by atoms with Gasteiger partial charge >= 0.3 is 0 Å². The summed E-state index contributed by atoms with van der Waals surface area (Å²) >= 11 is 12.5. The Hall–Kier alpha value is -1.05. The van der Waals surface area contributed by atoms with E-state index in [0.29, 0.717) is 5.56 Å². The molecule has 0 nitrogen and oxygen atoms in total. The van der Waals surface area contributed by atoms with E-state index < -0.39 is 4.33 Å². The number of halogens is 3. The number of rotatable bonds is 2. The summed E-state index contributed by atoms with van der Waals surface area (Å²) in [6.07, 6.45) is 0. The van der Waals surface area contributed by atoms with Gasteiger partial charge < -0.3 is 0 Å². The number of alkyl halides is 2. The molecule has 0 spiro atoms. The summed E-state index contributed by atoms with van der Waals surface area (Å²) in [6.45, 7) is 0. The van der Waals surface area contributed by atoms with Gasteiger partial charge in [0.05, 0.1) is 0 Å². The topological polar surface area (TPSA) is 0 Å². The molecule has 0 aliphatic heterocycles. The van der Waals surface area contributed by atoms with Gasteiger partial charge in [-0.2, -0.15) is 0 Å². The first kappa shape index (κ1) is 11.4. The van der Waals surface area contributed by atoms with Gasteiger partial charge in [0.1, 0.15) is 5.82 Å². The first-order valence-electron chi connectivity index (χ1n) is 4.80. The van der Waals surface area contributed by atoms with E-state index in [2.05, 4.69) is 0 Å². The first-order valence-corrected chi connectivity index (χ1v) is 5.55. The van der Waals surface area contributed by atoms with Gasteiger partial charge in [-0.15, -0.1) is 0 Å². The summed E-state index contributed by atoms with van der Waals surface area (Å²) in [4.78, 5) is 0. The Bertz CT molecular complexity index is 480. The molecule has 2 rings (SSSR count). The lowest BCUT2D eigenvalue weighted by Gasteiger charge is -2.20. The SMILES string of the molecule is Fc1cccc(C(Cl)(Cl)c2ccccc2)c1. The molecule has 0 atom stereocenters. The summed E-state index contributed by atoms with van der Waals surface area (Å²) in [5, 5.41) is 0. The van der Waals surface area contributed by atoms with Crippen molar-refractivity contribution < 1.29 is 4.39 Å². The fraction of sp³-hybridized carbons (Fsp3) is 0.0769. The zero-order valence-electron chi connectivity index (χ0n) is 8.33. The maximum Gasteiger partial charge on any atom is 0.168 e. The molecule has 0 aliphatic rings. The highest BCUT2D eigenvalue weighted by molar-refractivity contribution is 6.50. The second-order valence-electron chi connectivity index (χ2n) is 3.45. The second kappa shape index (κ2) is 4.44. The molecule has 82 valence electrons. The van der Waals surface area contributed by atoms with Crippen molar-refractivity contribution in [1.82, 2.24) is 0 Å². The van der Waals surface area contributed by atoms with E-state index >= 15 is 0 Å². The van der Waals surface area contributed by atoms with E-state index in [-0.39, 0.29) is 5.82 Å². The molecule has 2 aromatic carbocycles. The predicted octanol–water partition coefficient (Wildman–Crippen LogP) is 4.50. The van der Waals surface area contributed by atoms with Crippen molar-refractivity contribution in [3.63, 3.8) is 0 Å². The molecule has 0 saturated carbocycles. The third-order valence-corrected chi connectivity index (χ3v) is 3.20. The highest BCUT2D eigenvalue weighted by Gasteiger charge is 2.28. The first-order chi connectivity index (χ1) is 7.60. The molecular weight excluding hydrogens is 246 g/mol. The standard InChI is InChI=1S/C13H9Cl2F/c14-13(15,10-5-2-1-3-6-10)11-7-4-8-12(16)9-11/h1-9H. The van der Waals surface area contributed by atoms with Crippen LogP contribution in [-0.2, 0) is 4.33 Å². The molecule has 0 aliphatic carbocycles. The van der Waals surface area contributed by atoms with Gasteiger partial charge in [-0.1, -0.05) is 65.7 Å². The minimum atomic E-state index is -1.22. The number of hydrogen-bond donors (Lipinski definition) is 0. The zero-order valence-corrected chi connectivity index (χ0v) is 9.84. The van der Waals surface area contributed by atoms with Crippen molar-refractivity contribution in [1.29, 1.82) is 0 Å². The number of hydrogen-bond acceptors (Lipinski definition) is 0. The highest BCUT2D eigenvalue weighted by atomic mass is 35.5. The Kier molecular flexibility index (Phi) is 3.17. The van der Waals surface area contributed by atoms with Crippen LogP contribution in [0.25, 0.3) is 0 Å². The van der Waals surface area contributed by atoms with Crippen molar-refractivity contribution in [2.24, 2.45) is 0 Å². The van der Waals surface area contributed by atoms with Crippen molar-refractivity contribution in [2.75, 3.05) is 0 Å². The normalized spacial score (nSPS) is 11.4. The Balaban J connectivity index is 2.47. The lowest BCUT2D eigenvalue weighted by molar-refractivity contribution is 0.625. The van der Waals surface area contributed by atoms with Gasteiger partial charge in [0, 0.05) is 0 Å². The maximum atomic E-state index is 13.1. The van der Waals surface area contributed by atoms with Gasteiger partial charge in [0.15, 0.2) is 4.33 Å². The summed E-state index contributed by atoms with van der Waals surface area (Å²) in [7, 11) is 0. The van der Waals surface area contributed by atoms with Crippen molar-refractivity contribution in [3.8, 4) is 0 Å². The van der Waals surface area contributed by atoms with Crippen molar-refractivity contribution >= 4 is 23.2 Å². The lowest BCUT2D eigenvalue weighted by Crippen LogP contribution is -2.12. The quantitative estimate of drug-likeness (QED) is 0.693. The van der Waals surface area contributed by atoms with Crippen LogP contribution >= 0.6 is 23.2 Å². The van der Waals surface area contributed by atoms with Crippen LogP contribution in [0.4, 0.5) is 4.39 Å². The minimum Gasteiger partial charge on any atom is -0.207 e. The van der Waals surface area contributed by atoms with Crippen LogP contribution < -0.4 is 0 Å². The molecule has 0 N–H and O–H groups in total. The fourth-order valence-electron chi connectivity index (χ4n) is 1.50. The summed E-state index contributed by atoms with van der Waals surface area (Å²) in [5.41, 5.74) is 1.26. The third kappa shape index (κ3) is 2.21. The zero-order chi connectivity index (χ0) is 11.6. The summed E-state index contributed by atoms with van der Waals surface area (Å²) < 4.78 is 11.9. The van der Waals surface area contributed by atoms with E-state index in [0.717, 1.165) is 5.56 Å². The largest absolute Gasteiger partial charge is 0.207 e. The van der Waals surface area contributed by atoms with Crippen LogP contribution in [0.1, 0.15) is 11.1 Å². The molecule has 0 aromatic heterocycles. The van der Waals surface area contributed by atoms with Crippen LogP contribution in [0.2, 0.25) is 0 Å². The average molecular weight is 255 g/mol. The predicted molar refractivity (Wildman–Crippen MR) is 65.3 cm³/mol. The third-order valence-electron chi connectivity index (χ3n) is 2.32. The Morgan fingerprint density at radius 3 is 2.06 bits per heavy atom. The van der Waals surface area contributed by atoms with Gasteiger partial charge in [-0.3, -0.25) is 0 Å². The van der Waals surface area contributed by atoms with Gasteiger partial charge in [0.25, 0.3) is 0 Å². The Morgan fingerprint density at radius 1 is 0.812 bits per heavy atom. The fourth-order valence-corrected chi connectivity index (χ4v) is 1.98. The molecule has 0 amide bonds. The van der Waals surface area contributed by atoms with E-state index in [1.807, 2.05) is 30.3 Å². The molecule has 0 fully saturated rings. The van der Waals surface area contributed by atoms with E-state index in [4.69, 9.17) is 23.2 Å². The van der Waals surface area contributed by atoms with Crippen molar-refractivity contribution in [2.45, 2.75) is 4.33 Å². The Labute approximate surface area is 104 Å². The van der Waals surface area contributed by atoms with Crippen LogP contribution in [0.3, 0.4) is 0 Å². The number of benzene rings is 2. The maximum absolute atomic E-state index is 13.1. The smallest absolute Gasteiger partial charge is 0.168 e. The molecule has 0 heterocycles. The molecule has 3 heteroatoms. The van der Waals surface area contributed by atoms with Crippen LogP contribution in [0, 0.1) is 5.82 Å². The van der Waals surface area contributed by atoms with E-state index in [1.54, 1.807) is 12.1 Å². The minimum absolute atomic E-state index is 0.348. The highest BCUT2D eigenvalue weighted by Crippen LogP contribution is 2.40. The molecule has 16 heavy (non-hydrogen) atoms. The summed E-state index contributed by atoms with van der Waals surface area (Å²) in [5.74, 6) is -0.348. The molecule has 0 bridgehead atoms. The molecular formula is C13H9Cl2F. The van der Waals surface area contributed by atoms with E-state index in [1.165, 1.54) is 12.1 Å². The molecule has 0 unspecified atom stereocenters. The molecule has 2 aromatic rings. The van der Waals surface area contributed by atoms with Crippen LogP contribution in [0.15, 0.2) is 54.6 Å². The van der Waals surface area contributed by atoms with Crippen molar-refractivity contribution in [3.05, 3.63) is 71.5 Å². The average Bonchev–Trinajstić information content (AvgIpc) is 2.30. The van der Waals surface area contributed by atoms with Crippen LogP contribution in [-0.4, -0.2) is 0 Å². The lowest BCUT2D eigenvalue weighted by atomic mass is 10.0. The van der Waals surface area contributed by atoms with Crippen LogP contribution in [0.5, 0.6) is 0 Å². The second-order valence-corrected chi connectivity index (χ2v) is 4.78. The summed E-state index contributed by atoms with van der Waals surface area (Å²) in [6, 6.07) is 15.2. The van der Waals surface area contributed by atoms with Gasteiger partial charge in [0.2, 0.25) is 0 Å². The van der Waals surface area contributed by atoms with E-state index in [9.17, 15) is 4.39 Å².